The molecule has 0 saturated carbocycles. The molecule has 198 valence electrons. The standard InChI is InChI=1S/C28H27F3N4O3/c1-18-4-3-5-22(32-18)10-11-25(36)33-23-8-6-19(7-9-23)20-12-14-35(15-13-20)27(37)21-16-24(28(29,30)31)34-26(17-21)38-2/h3-11,16-17,20H,12-15H2,1-2H3,(H,33,36)/b11-10+. The van der Waals surface area contributed by atoms with Crippen LogP contribution in [-0.2, 0) is 11.0 Å². The van der Waals surface area contributed by atoms with Gasteiger partial charge in [0.05, 0.1) is 12.8 Å². The molecule has 2 amide bonds. The van der Waals surface area contributed by atoms with Crippen molar-refractivity contribution in [1.82, 2.24) is 14.9 Å². The van der Waals surface area contributed by atoms with Crippen molar-refractivity contribution >= 4 is 23.6 Å². The van der Waals surface area contributed by atoms with Crippen molar-refractivity contribution in [3.63, 3.8) is 0 Å². The van der Waals surface area contributed by atoms with Crippen molar-refractivity contribution in [2.45, 2.75) is 31.9 Å². The number of carbonyl (C=O) groups excluding carboxylic acids is 2. The van der Waals surface area contributed by atoms with Gasteiger partial charge in [0.15, 0.2) is 0 Å². The Morgan fingerprint density at radius 1 is 1.05 bits per heavy atom. The Balaban J connectivity index is 1.33. The summed E-state index contributed by atoms with van der Waals surface area (Å²) in [5.41, 5.74) is 2.02. The fourth-order valence-corrected chi connectivity index (χ4v) is 4.32. The van der Waals surface area contributed by atoms with Crippen molar-refractivity contribution in [3.8, 4) is 5.88 Å². The molecule has 0 aliphatic carbocycles. The molecule has 7 nitrogen and oxygen atoms in total. The fraction of sp³-hybridized carbons (Fsp3) is 0.286. The van der Waals surface area contributed by atoms with Gasteiger partial charge in [-0.1, -0.05) is 18.2 Å². The van der Waals surface area contributed by atoms with Gasteiger partial charge < -0.3 is 15.0 Å². The third kappa shape index (κ3) is 6.76. The lowest BCUT2D eigenvalue weighted by atomic mass is 9.89. The number of aryl methyl sites for hydroxylation is 1. The lowest BCUT2D eigenvalue weighted by Gasteiger charge is -2.32. The summed E-state index contributed by atoms with van der Waals surface area (Å²) in [6.07, 6.45) is -0.275. The molecule has 1 saturated heterocycles. The molecule has 1 aliphatic rings. The maximum atomic E-state index is 13.2. The number of aromatic nitrogens is 2. The van der Waals surface area contributed by atoms with Gasteiger partial charge in [-0.05, 0) is 67.7 Å². The van der Waals surface area contributed by atoms with Gasteiger partial charge in [-0.15, -0.1) is 0 Å². The Morgan fingerprint density at radius 2 is 1.76 bits per heavy atom. The van der Waals surface area contributed by atoms with Crippen molar-refractivity contribution in [2.75, 3.05) is 25.5 Å². The minimum atomic E-state index is -4.68. The number of likely N-dealkylation sites (tertiary alicyclic amines) is 1. The summed E-state index contributed by atoms with van der Waals surface area (Å²) in [6.45, 7) is 2.70. The molecule has 1 aromatic carbocycles. The molecule has 0 bridgehead atoms. The average molecular weight is 525 g/mol. The number of carbonyl (C=O) groups is 2. The van der Waals surface area contributed by atoms with E-state index in [-0.39, 0.29) is 23.3 Å². The van der Waals surface area contributed by atoms with Gasteiger partial charge in [0.2, 0.25) is 11.8 Å². The predicted molar refractivity (Wildman–Crippen MR) is 137 cm³/mol. The summed E-state index contributed by atoms with van der Waals surface area (Å²) < 4.78 is 44.4. The van der Waals surface area contributed by atoms with Crippen LogP contribution in [0.4, 0.5) is 18.9 Å². The molecule has 0 unspecified atom stereocenters. The molecule has 3 aromatic rings. The summed E-state index contributed by atoms with van der Waals surface area (Å²) in [6, 6.07) is 15.1. The zero-order valence-corrected chi connectivity index (χ0v) is 21.0. The molecule has 2 aromatic heterocycles. The van der Waals surface area contributed by atoms with Gasteiger partial charge in [0.25, 0.3) is 5.91 Å². The fourth-order valence-electron chi connectivity index (χ4n) is 4.32. The van der Waals surface area contributed by atoms with E-state index in [0.29, 0.717) is 37.3 Å². The highest BCUT2D eigenvalue weighted by molar-refractivity contribution is 6.01. The van der Waals surface area contributed by atoms with E-state index in [1.54, 1.807) is 11.0 Å². The van der Waals surface area contributed by atoms with Crippen LogP contribution in [-0.4, -0.2) is 46.9 Å². The Labute approximate surface area is 218 Å². The second-order valence-electron chi connectivity index (χ2n) is 9.00. The number of halogens is 3. The van der Waals surface area contributed by atoms with Crippen LogP contribution >= 0.6 is 0 Å². The Kier molecular flexibility index (Phi) is 8.09. The normalized spacial score (nSPS) is 14.5. The zero-order chi connectivity index (χ0) is 27.3. The lowest BCUT2D eigenvalue weighted by Crippen LogP contribution is -2.38. The number of amides is 2. The Morgan fingerprint density at radius 3 is 2.39 bits per heavy atom. The molecular formula is C28H27F3N4O3. The van der Waals surface area contributed by atoms with E-state index in [2.05, 4.69) is 15.3 Å². The van der Waals surface area contributed by atoms with Crippen LogP contribution in [0.5, 0.6) is 5.88 Å². The molecule has 4 rings (SSSR count). The smallest absolute Gasteiger partial charge is 0.433 e. The lowest BCUT2D eigenvalue weighted by molar-refractivity contribution is -0.141. The first kappa shape index (κ1) is 26.8. The van der Waals surface area contributed by atoms with Crippen LogP contribution in [0.2, 0.25) is 0 Å². The zero-order valence-electron chi connectivity index (χ0n) is 21.0. The molecule has 0 atom stereocenters. The molecule has 38 heavy (non-hydrogen) atoms. The van der Waals surface area contributed by atoms with Crippen LogP contribution in [0.1, 0.15) is 51.8 Å². The summed E-state index contributed by atoms with van der Waals surface area (Å²) in [5.74, 6) is -0.822. The third-order valence-corrected chi connectivity index (χ3v) is 6.30. The van der Waals surface area contributed by atoms with Crippen molar-refractivity contribution in [3.05, 3.63) is 88.9 Å². The Hall–Kier alpha value is -4.21. The molecular weight excluding hydrogens is 497 g/mol. The second-order valence-corrected chi connectivity index (χ2v) is 9.00. The van der Waals surface area contributed by atoms with Gasteiger partial charge in [0, 0.05) is 42.2 Å². The summed E-state index contributed by atoms with van der Waals surface area (Å²) in [5, 5.41) is 2.82. The number of nitrogens with one attached hydrogen (secondary N) is 1. The van der Waals surface area contributed by atoms with Crippen LogP contribution in [0.15, 0.2) is 60.7 Å². The van der Waals surface area contributed by atoms with E-state index in [0.717, 1.165) is 17.3 Å². The first-order valence-electron chi connectivity index (χ1n) is 12.1. The molecule has 0 spiro atoms. The topological polar surface area (TPSA) is 84.4 Å². The summed E-state index contributed by atoms with van der Waals surface area (Å²) in [4.78, 5) is 34.5. The van der Waals surface area contributed by atoms with Crippen LogP contribution in [0.25, 0.3) is 6.08 Å². The van der Waals surface area contributed by atoms with E-state index in [9.17, 15) is 22.8 Å². The van der Waals surface area contributed by atoms with Crippen LogP contribution in [0, 0.1) is 6.92 Å². The van der Waals surface area contributed by atoms with Crippen LogP contribution in [0.3, 0.4) is 0 Å². The highest BCUT2D eigenvalue weighted by atomic mass is 19.4. The van der Waals surface area contributed by atoms with Gasteiger partial charge >= 0.3 is 6.18 Å². The largest absolute Gasteiger partial charge is 0.481 e. The van der Waals surface area contributed by atoms with Gasteiger partial charge in [-0.25, -0.2) is 4.98 Å². The van der Waals surface area contributed by atoms with E-state index >= 15 is 0 Å². The van der Waals surface area contributed by atoms with Crippen molar-refractivity contribution in [1.29, 1.82) is 0 Å². The number of nitrogens with zero attached hydrogens (tertiary/aromatic N) is 3. The number of methoxy groups -OCH3 is 1. The number of rotatable bonds is 6. The molecule has 1 N–H and O–H groups in total. The second kappa shape index (κ2) is 11.5. The number of alkyl halides is 3. The SMILES string of the molecule is COc1cc(C(=O)N2CCC(c3ccc(NC(=O)/C=C/c4cccc(C)n4)cc3)CC2)cc(C(F)(F)F)n1. The third-order valence-electron chi connectivity index (χ3n) is 6.30. The molecule has 3 heterocycles. The van der Waals surface area contributed by atoms with E-state index in [1.807, 2.05) is 49.4 Å². The molecule has 1 fully saturated rings. The van der Waals surface area contributed by atoms with Crippen LogP contribution < -0.4 is 10.1 Å². The monoisotopic (exact) mass is 524 g/mol. The summed E-state index contributed by atoms with van der Waals surface area (Å²) >= 11 is 0. The van der Waals surface area contributed by atoms with E-state index < -0.39 is 17.8 Å². The van der Waals surface area contributed by atoms with Gasteiger partial charge in [0.1, 0.15) is 5.69 Å². The minimum absolute atomic E-state index is 0.102. The number of pyridine rings is 2. The average Bonchev–Trinajstić information content (AvgIpc) is 2.91. The highest BCUT2D eigenvalue weighted by Gasteiger charge is 2.35. The first-order chi connectivity index (χ1) is 18.1. The Bertz CT molecular complexity index is 1330. The quantitative estimate of drug-likeness (QED) is 0.432. The number of anilines is 1. The maximum Gasteiger partial charge on any atom is 0.433 e. The molecule has 1 aliphatic heterocycles. The number of benzene rings is 1. The molecule has 10 heteroatoms. The minimum Gasteiger partial charge on any atom is -0.481 e. The van der Waals surface area contributed by atoms with E-state index in [1.165, 1.54) is 19.3 Å². The van der Waals surface area contributed by atoms with Gasteiger partial charge in [-0.3, -0.25) is 14.6 Å². The van der Waals surface area contributed by atoms with Crippen molar-refractivity contribution in [2.24, 2.45) is 0 Å². The predicted octanol–water partition coefficient (Wildman–Crippen LogP) is 5.48. The first-order valence-corrected chi connectivity index (χ1v) is 12.1. The molecule has 0 radical (unpaired) electrons. The summed E-state index contributed by atoms with van der Waals surface area (Å²) in [7, 11) is 1.21. The van der Waals surface area contributed by atoms with E-state index in [4.69, 9.17) is 4.74 Å². The highest BCUT2D eigenvalue weighted by Crippen LogP contribution is 2.32. The number of ether oxygens (including phenoxy) is 1. The number of piperidine rings is 1. The van der Waals surface area contributed by atoms with Gasteiger partial charge in [-0.2, -0.15) is 13.2 Å². The van der Waals surface area contributed by atoms with Crippen molar-refractivity contribution < 1.29 is 27.5 Å². The number of hydrogen-bond acceptors (Lipinski definition) is 5. The maximum absolute atomic E-state index is 13.2. The number of hydrogen-bond donors (Lipinski definition) is 1.